The van der Waals surface area contributed by atoms with Crippen molar-refractivity contribution in [2.45, 2.75) is 24.7 Å². The molecule has 4 rings (SSSR count). The molecule has 1 amide bonds. The summed E-state index contributed by atoms with van der Waals surface area (Å²) in [7, 11) is -3.90. The van der Waals surface area contributed by atoms with Crippen molar-refractivity contribution in [2.75, 3.05) is 16.2 Å². The number of fused-ring (bicyclic) bond motifs is 1. The van der Waals surface area contributed by atoms with Crippen molar-refractivity contribution in [3.63, 3.8) is 0 Å². The van der Waals surface area contributed by atoms with Gasteiger partial charge in [0, 0.05) is 17.8 Å². The van der Waals surface area contributed by atoms with Gasteiger partial charge in [0.1, 0.15) is 5.82 Å². The van der Waals surface area contributed by atoms with Crippen LogP contribution in [-0.4, -0.2) is 20.9 Å². The molecule has 0 aliphatic carbocycles. The van der Waals surface area contributed by atoms with Crippen LogP contribution < -0.4 is 9.62 Å². The minimum atomic E-state index is -3.90. The Morgan fingerprint density at radius 3 is 2.53 bits per heavy atom. The number of nitrogens with one attached hydrogen (secondary N) is 1. The van der Waals surface area contributed by atoms with E-state index in [1.165, 1.54) is 12.1 Å². The Labute approximate surface area is 175 Å². The molecular weight excluding hydrogens is 403 g/mol. The first-order valence-electron chi connectivity index (χ1n) is 9.64. The molecule has 0 spiro atoms. The van der Waals surface area contributed by atoms with Crippen LogP contribution in [0.5, 0.6) is 0 Å². The molecule has 0 aromatic heterocycles. The molecule has 154 valence electrons. The van der Waals surface area contributed by atoms with E-state index in [2.05, 4.69) is 4.72 Å². The van der Waals surface area contributed by atoms with Gasteiger partial charge in [0.15, 0.2) is 0 Å². The van der Waals surface area contributed by atoms with Gasteiger partial charge in [-0.2, -0.15) is 0 Å². The number of sulfonamides is 1. The van der Waals surface area contributed by atoms with Crippen molar-refractivity contribution in [1.82, 2.24) is 0 Å². The van der Waals surface area contributed by atoms with Crippen LogP contribution in [-0.2, 0) is 16.4 Å². The molecule has 0 saturated heterocycles. The van der Waals surface area contributed by atoms with Gasteiger partial charge < -0.3 is 4.90 Å². The summed E-state index contributed by atoms with van der Waals surface area (Å²) < 4.78 is 41.6. The summed E-state index contributed by atoms with van der Waals surface area (Å²) in [6.07, 6.45) is 1.66. The fourth-order valence-electron chi connectivity index (χ4n) is 3.71. The second-order valence-corrected chi connectivity index (χ2v) is 8.94. The van der Waals surface area contributed by atoms with Crippen molar-refractivity contribution in [2.24, 2.45) is 0 Å². The molecule has 1 aliphatic rings. The number of amides is 1. The molecule has 3 aromatic rings. The van der Waals surface area contributed by atoms with Gasteiger partial charge in [-0.1, -0.05) is 24.3 Å². The van der Waals surface area contributed by atoms with Crippen LogP contribution in [0.3, 0.4) is 0 Å². The largest absolute Gasteiger partial charge is 0.308 e. The molecule has 0 radical (unpaired) electrons. The van der Waals surface area contributed by atoms with E-state index < -0.39 is 15.8 Å². The van der Waals surface area contributed by atoms with E-state index in [0.717, 1.165) is 24.5 Å². The molecule has 1 aliphatic heterocycles. The van der Waals surface area contributed by atoms with Crippen LogP contribution in [0.15, 0.2) is 71.6 Å². The molecule has 0 fully saturated rings. The number of hydrogen-bond donors (Lipinski definition) is 1. The number of carbonyl (C=O) groups excluding carboxylic acids is 1. The number of nitrogens with zero attached hydrogens (tertiary/aromatic N) is 1. The number of aryl methyl sites for hydroxylation is 2. The van der Waals surface area contributed by atoms with Gasteiger partial charge in [0.25, 0.3) is 15.9 Å². The van der Waals surface area contributed by atoms with Crippen LogP contribution in [0, 0.1) is 12.7 Å². The van der Waals surface area contributed by atoms with Crippen LogP contribution in [0.25, 0.3) is 0 Å². The number of rotatable bonds is 4. The number of benzene rings is 3. The zero-order valence-electron chi connectivity index (χ0n) is 16.4. The standard InChI is InChI=1S/C23H21FN2O3S/c1-16-14-19(24)10-12-22(16)30(28,29)25-20-11-9-17-8-5-13-26(21(17)15-20)23(27)18-6-3-2-4-7-18/h2-4,6-7,9-12,14-15,25H,5,8,13H2,1H3. The molecule has 0 saturated carbocycles. The lowest BCUT2D eigenvalue weighted by Gasteiger charge is -2.30. The van der Waals surface area contributed by atoms with E-state index in [9.17, 15) is 17.6 Å². The second-order valence-electron chi connectivity index (χ2n) is 7.29. The van der Waals surface area contributed by atoms with Crippen LogP contribution in [0.2, 0.25) is 0 Å². The number of carbonyl (C=O) groups is 1. The molecule has 30 heavy (non-hydrogen) atoms. The molecular formula is C23H21FN2O3S. The highest BCUT2D eigenvalue weighted by atomic mass is 32.2. The average Bonchev–Trinajstić information content (AvgIpc) is 2.73. The topological polar surface area (TPSA) is 66.5 Å². The maximum atomic E-state index is 13.4. The lowest BCUT2D eigenvalue weighted by Crippen LogP contribution is -2.35. The summed E-state index contributed by atoms with van der Waals surface area (Å²) >= 11 is 0. The summed E-state index contributed by atoms with van der Waals surface area (Å²) in [6.45, 7) is 2.11. The molecule has 0 unspecified atom stereocenters. The monoisotopic (exact) mass is 424 g/mol. The fourth-order valence-corrected chi connectivity index (χ4v) is 4.99. The third-order valence-electron chi connectivity index (χ3n) is 5.15. The first-order chi connectivity index (χ1) is 14.3. The van der Waals surface area contributed by atoms with Crippen molar-refractivity contribution < 1.29 is 17.6 Å². The van der Waals surface area contributed by atoms with Gasteiger partial charge in [-0.3, -0.25) is 9.52 Å². The van der Waals surface area contributed by atoms with Gasteiger partial charge in [0.2, 0.25) is 0 Å². The van der Waals surface area contributed by atoms with Crippen LogP contribution in [0.1, 0.15) is 27.9 Å². The lowest BCUT2D eigenvalue weighted by atomic mass is 10.00. The van der Waals surface area contributed by atoms with Gasteiger partial charge in [0.05, 0.1) is 10.6 Å². The second kappa shape index (κ2) is 7.91. The van der Waals surface area contributed by atoms with E-state index in [1.54, 1.807) is 36.1 Å². The third-order valence-corrected chi connectivity index (χ3v) is 6.69. The molecule has 1 N–H and O–H groups in total. The smallest absolute Gasteiger partial charge is 0.262 e. The normalized spacial score (nSPS) is 13.6. The van der Waals surface area contributed by atoms with Gasteiger partial charge in [-0.15, -0.1) is 0 Å². The summed E-state index contributed by atoms with van der Waals surface area (Å²) in [5.74, 6) is -0.610. The lowest BCUT2D eigenvalue weighted by molar-refractivity contribution is 0.0985. The Kier molecular flexibility index (Phi) is 5.30. The number of halogens is 1. The summed E-state index contributed by atoms with van der Waals surface area (Å²) in [5.41, 5.74) is 2.95. The Morgan fingerprint density at radius 1 is 1.03 bits per heavy atom. The van der Waals surface area contributed by atoms with Crippen molar-refractivity contribution >= 4 is 27.3 Å². The third kappa shape index (κ3) is 3.93. The van der Waals surface area contributed by atoms with Gasteiger partial charge >= 0.3 is 0 Å². The zero-order valence-corrected chi connectivity index (χ0v) is 17.2. The Hall–Kier alpha value is -3.19. The minimum absolute atomic E-state index is 0.0128. The highest BCUT2D eigenvalue weighted by Gasteiger charge is 2.25. The van der Waals surface area contributed by atoms with E-state index in [0.29, 0.717) is 29.0 Å². The minimum Gasteiger partial charge on any atom is -0.308 e. The molecule has 0 atom stereocenters. The quantitative estimate of drug-likeness (QED) is 0.669. The predicted molar refractivity (Wildman–Crippen MR) is 115 cm³/mol. The summed E-state index contributed by atoms with van der Waals surface area (Å²) in [5, 5.41) is 0. The fraction of sp³-hybridized carbons (Fsp3) is 0.174. The van der Waals surface area contributed by atoms with Crippen LogP contribution in [0.4, 0.5) is 15.8 Å². The van der Waals surface area contributed by atoms with Gasteiger partial charge in [-0.05, 0) is 73.4 Å². The predicted octanol–water partition coefficient (Wildman–Crippen LogP) is 4.53. The van der Waals surface area contributed by atoms with Crippen molar-refractivity contribution in [3.8, 4) is 0 Å². The first kappa shape index (κ1) is 20.1. The summed E-state index contributed by atoms with van der Waals surface area (Å²) in [6, 6.07) is 17.8. The van der Waals surface area contributed by atoms with E-state index in [4.69, 9.17) is 0 Å². The number of anilines is 2. The Morgan fingerprint density at radius 2 is 1.80 bits per heavy atom. The highest BCUT2D eigenvalue weighted by Crippen LogP contribution is 2.32. The zero-order chi connectivity index (χ0) is 21.3. The maximum absolute atomic E-state index is 13.4. The Bertz CT molecular complexity index is 1210. The summed E-state index contributed by atoms with van der Waals surface area (Å²) in [4.78, 5) is 14.7. The number of hydrogen-bond acceptors (Lipinski definition) is 3. The SMILES string of the molecule is Cc1cc(F)ccc1S(=O)(=O)Nc1ccc2c(c1)N(C(=O)c1ccccc1)CCC2. The Balaban J connectivity index is 1.67. The maximum Gasteiger partial charge on any atom is 0.262 e. The molecule has 0 bridgehead atoms. The average molecular weight is 424 g/mol. The van der Waals surface area contributed by atoms with Crippen LogP contribution >= 0.6 is 0 Å². The van der Waals surface area contributed by atoms with E-state index >= 15 is 0 Å². The molecule has 1 heterocycles. The van der Waals surface area contributed by atoms with Crippen molar-refractivity contribution in [3.05, 3.63) is 89.2 Å². The van der Waals surface area contributed by atoms with E-state index in [1.807, 2.05) is 24.3 Å². The highest BCUT2D eigenvalue weighted by molar-refractivity contribution is 7.92. The van der Waals surface area contributed by atoms with E-state index in [-0.39, 0.29) is 10.8 Å². The first-order valence-corrected chi connectivity index (χ1v) is 11.1. The molecule has 7 heteroatoms. The van der Waals surface area contributed by atoms with Gasteiger partial charge in [-0.25, -0.2) is 12.8 Å². The molecule has 5 nitrogen and oxygen atoms in total. The molecule has 3 aromatic carbocycles. The van der Waals surface area contributed by atoms with Crippen molar-refractivity contribution in [1.29, 1.82) is 0 Å².